The van der Waals surface area contributed by atoms with E-state index in [1.165, 1.54) is 11.6 Å². The average molecular weight is 354 g/mol. The van der Waals surface area contributed by atoms with Crippen molar-refractivity contribution in [2.75, 3.05) is 0 Å². The van der Waals surface area contributed by atoms with Gasteiger partial charge < -0.3 is 5.32 Å². The summed E-state index contributed by atoms with van der Waals surface area (Å²) in [7, 11) is 0. The summed E-state index contributed by atoms with van der Waals surface area (Å²) in [6.45, 7) is 6.10. The molecule has 2 saturated carbocycles. The number of nitrogens with one attached hydrogen (secondary N) is 1. The summed E-state index contributed by atoms with van der Waals surface area (Å²) >= 11 is 0. The molecule has 1 N–H and O–H groups in total. The second kappa shape index (κ2) is 6.33. The van der Waals surface area contributed by atoms with Gasteiger partial charge in [0.2, 0.25) is 5.91 Å². The van der Waals surface area contributed by atoms with E-state index in [0.29, 0.717) is 17.8 Å². The van der Waals surface area contributed by atoms with Crippen LogP contribution in [0.4, 0.5) is 4.39 Å². The molecule has 1 aromatic heterocycles. The van der Waals surface area contributed by atoms with Crippen molar-refractivity contribution in [2.24, 2.45) is 17.8 Å². The molecule has 4 atom stereocenters. The minimum absolute atomic E-state index is 0.150. The molecule has 0 unspecified atom stereocenters. The van der Waals surface area contributed by atoms with Crippen molar-refractivity contribution in [3.63, 3.8) is 0 Å². The van der Waals surface area contributed by atoms with Crippen molar-refractivity contribution in [2.45, 2.75) is 57.9 Å². The van der Waals surface area contributed by atoms with Gasteiger partial charge in [-0.1, -0.05) is 0 Å². The lowest BCUT2D eigenvalue weighted by atomic mass is 9.90. The van der Waals surface area contributed by atoms with E-state index < -0.39 is 0 Å². The van der Waals surface area contributed by atoms with Crippen LogP contribution in [0.3, 0.4) is 0 Å². The Bertz CT molecular complexity index is 828. The third-order valence-electron chi connectivity index (χ3n) is 6.06. The van der Waals surface area contributed by atoms with Crippen LogP contribution < -0.4 is 5.32 Å². The van der Waals surface area contributed by atoms with Crippen molar-refractivity contribution in [1.29, 1.82) is 0 Å². The molecule has 0 radical (unpaired) electrons. The average Bonchev–Trinajstić information content (AvgIpc) is 3.11. The zero-order chi connectivity index (χ0) is 18.5. The Morgan fingerprint density at radius 1 is 1.12 bits per heavy atom. The Balaban J connectivity index is 1.49. The van der Waals surface area contributed by atoms with E-state index in [4.69, 9.17) is 0 Å². The smallest absolute Gasteiger partial charge is 0.223 e. The molecule has 1 heterocycles. The highest BCUT2D eigenvalue weighted by atomic mass is 19.1. The first-order valence-electron chi connectivity index (χ1n) is 9.66. The highest BCUT2D eigenvalue weighted by molar-refractivity contribution is 5.83. The summed E-state index contributed by atoms with van der Waals surface area (Å²) in [4.78, 5) is 16.9. The summed E-state index contributed by atoms with van der Waals surface area (Å²) in [6, 6.07) is 6.90. The van der Waals surface area contributed by atoms with Crippen molar-refractivity contribution in [1.82, 2.24) is 10.3 Å². The predicted molar refractivity (Wildman–Crippen MR) is 101 cm³/mol. The summed E-state index contributed by atoms with van der Waals surface area (Å²) < 4.78 is 13.7. The lowest BCUT2D eigenvalue weighted by molar-refractivity contribution is -0.126. The van der Waals surface area contributed by atoms with Crippen LogP contribution in [0, 0.1) is 23.6 Å². The topological polar surface area (TPSA) is 42.0 Å². The third kappa shape index (κ3) is 3.34. The number of pyridine rings is 1. The summed E-state index contributed by atoms with van der Waals surface area (Å²) in [5.74, 6) is 1.81. The molecule has 0 spiro atoms. The molecule has 0 bridgehead atoms. The zero-order valence-corrected chi connectivity index (χ0v) is 15.8. The zero-order valence-electron chi connectivity index (χ0n) is 15.8. The van der Waals surface area contributed by atoms with Crippen LogP contribution in [-0.4, -0.2) is 16.4 Å². The molecular formula is C22H27FN2O. The van der Waals surface area contributed by atoms with Crippen molar-refractivity contribution in [3.05, 3.63) is 41.8 Å². The Labute approximate surface area is 154 Å². The van der Waals surface area contributed by atoms with Gasteiger partial charge in [0.05, 0.1) is 5.52 Å². The van der Waals surface area contributed by atoms with Crippen LogP contribution in [0.15, 0.2) is 30.5 Å². The van der Waals surface area contributed by atoms with E-state index in [1.807, 2.05) is 27.0 Å². The maximum absolute atomic E-state index is 13.7. The fourth-order valence-corrected chi connectivity index (χ4v) is 5.05. The van der Waals surface area contributed by atoms with Crippen molar-refractivity contribution >= 4 is 16.8 Å². The molecule has 0 saturated heterocycles. The second-order valence-corrected chi connectivity index (χ2v) is 9.16. The molecule has 26 heavy (non-hydrogen) atoms. The van der Waals surface area contributed by atoms with Gasteiger partial charge in [-0.3, -0.25) is 9.78 Å². The van der Waals surface area contributed by atoms with Gasteiger partial charge in [0.25, 0.3) is 0 Å². The Hall–Kier alpha value is -1.97. The van der Waals surface area contributed by atoms with Gasteiger partial charge in [-0.05, 0) is 94.0 Å². The van der Waals surface area contributed by atoms with Crippen LogP contribution >= 0.6 is 0 Å². The molecule has 3 nitrogen and oxygen atoms in total. The first-order chi connectivity index (χ1) is 12.3. The minimum Gasteiger partial charge on any atom is -0.351 e. The number of fused-ring (bicyclic) bond motifs is 2. The SMILES string of the molecule is CC(C)(C)NC(=O)[C@@H]1C[C@@H]2C[C@H](c3ccnc4ccc(F)cc34)C[C@@H]2C1. The minimum atomic E-state index is -0.205. The van der Waals surface area contributed by atoms with Crippen molar-refractivity contribution in [3.8, 4) is 0 Å². The van der Waals surface area contributed by atoms with E-state index in [-0.39, 0.29) is 23.2 Å². The number of hydrogen-bond acceptors (Lipinski definition) is 2. The number of aromatic nitrogens is 1. The maximum atomic E-state index is 13.7. The van der Waals surface area contributed by atoms with Crippen molar-refractivity contribution < 1.29 is 9.18 Å². The lowest BCUT2D eigenvalue weighted by Crippen LogP contribution is -2.43. The third-order valence-corrected chi connectivity index (χ3v) is 6.06. The van der Waals surface area contributed by atoms with E-state index >= 15 is 0 Å². The number of rotatable bonds is 2. The highest BCUT2D eigenvalue weighted by Crippen LogP contribution is 2.53. The maximum Gasteiger partial charge on any atom is 0.223 e. The number of nitrogens with zero attached hydrogens (tertiary/aromatic N) is 1. The molecule has 1 aromatic carbocycles. The van der Waals surface area contributed by atoms with Gasteiger partial charge in [-0.15, -0.1) is 0 Å². The first-order valence-corrected chi connectivity index (χ1v) is 9.66. The summed E-state index contributed by atoms with van der Waals surface area (Å²) in [5.41, 5.74) is 1.92. The van der Waals surface area contributed by atoms with Crippen LogP contribution in [0.25, 0.3) is 10.9 Å². The molecule has 2 aliphatic rings. The number of carbonyl (C=O) groups is 1. The highest BCUT2D eigenvalue weighted by Gasteiger charge is 2.44. The molecule has 2 fully saturated rings. The van der Waals surface area contributed by atoms with Crippen LogP contribution in [0.1, 0.15) is 57.9 Å². The van der Waals surface area contributed by atoms with E-state index in [2.05, 4.69) is 16.4 Å². The monoisotopic (exact) mass is 354 g/mol. The number of hydrogen-bond donors (Lipinski definition) is 1. The molecule has 138 valence electrons. The number of amides is 1. The normalized spacial score (nSPS) is 28.3. The molecule has 4 heteroatoms. The Morgan fingerprint density at radius 3 is 2.46 bits per heavy atom. The molecule has 0 aliphatic heterocycles. The molecule has 1 amide bonds. The van der Waals surface area contributed by atoms with Crippen LogP contribution in [0.5, 0.6) is 0 Å². The first kappa shape index (κ1) is 17.4. The van der Waals surface area contributed by atoms with Gasteiger partial charge in [-0.25, -0.2) is 4.39 Å². The van der Waals surface area contributed by atoms with Crippen LogP contribution in [0.2, 0.25) is 0 Å². The number of halogens is 1. The van der Waals surface area contributed by atoms with Crippen LogP contribution in [-0.2, 0) is 4.79 Å². The predicted octanol–water partition coefficient (Wildman–Crippen LogP) is 4.81. The van der Waals surface area contributed by atoms with E-state index in [0.717, 1.165) is 36.6 Å². The van der Waals surface area contributed by atoms with Gasteiger partial charge in [-0.2, -0.15) is 0 Å². The van der Waals surface area contributed by atoms with Gasteiger partial charge >= 0.3 is 0 Å². The molecular weight excluding hydrogens is 327 g/mol. The second-order valence-electron chi connectivity index (χ2n) is 9.16. The van der Waals surface area contributed by atoms with E-state index in [9.17, 15) is 9.18 Å². The van der Waals surface area contributed by atoms with Gasteiger partial charge in [0, 0.05) is 23.0 Å². The van der Waals surface area contributed by atoms with E-state index in [1.54, 1.807) is 12.1 Å². The summed E-state index contributed by atoms with van der Waals surface area (Å²) in [6.07, 6.45) is 6.00. The lowest BCUT2D eigenvalue weighted by Gasteiger charge is -2.23. The standard InChI is InChI=1S/C22H27FN2O/c1-22(2,3)25-21(26)16-10-13-8-15(9-14(13)11-16)18-6-7-24-20-5-4-17(23)12-19(18)20/h4-7,12-16H,8-11H2,1-3H3,(H,25,26)/t13-,14+,15-,16+. The molecule has 4 rings (SSSR count). The Kier molecular flexibility index (Phi) is 4.25. The summed E-state index contributed by atoms with van der Waals surface area (Å²) in [5, 5.41) is 4.08. The largest absolute Gasteiger partial charge is 0.351 e. The number of benzene rings is 1. The molecule has 2 aromatic rings. The fraction of sp³-hybridized carbons (Fsp3) is 0.545. The number of carbonyl (C=O) groups excluding carboxylic acids is 1. The quantitative estimate of drug-likeness (QED) is 0.841. The van der Waals surface area contributed by atoms with Gasteiger partial charge in [0.15, 0.2) is 0 Å². The Morgan fingerprint density at radius 2 is 1.81 bits per heavy atom. The van der Waals surface area contributed by atoms with Gasteiger partial charge in [0.1, 0.15) is 5.82 Å². The molecule has 2 aliphatic carbocycles. The fourth-order valence-electron chi connectivity index (χ4n) is 5.05.